The molecule has 0 radical (unpaired) electrons. The van der Waals surface area contributed by atoms with E-state index in [1.165, 1.54) is 0 Å². The average Bonchev–Trinajstić information content (AvgIpc) is 2.98. The van der Waals surface area contributed by atoms with E-state index in [9.17, 15) is 9.59 Å². The van der Waals surface area contributed by atoms with Crippen LogP contribution in [-0.4, -0.2) is 11.8 Å². The predicted octanol–water partition coefficient (Wildman–Crippen LogP) is 4.84. The van der Waals surface area contributed by atoms with Crippen molar-refractivity contribution in [2.45, 2.75) is 12.5 Å². The molecule has 0 bridgehead atoms. The van der Waals surface area contributed by atoms with Crippen LogP contribution in [0.25, 0.3) is 11.1 Å². The van der Waals surface area contributed by atoms with Gasteiger partial charge in [0, 0.05) is 11.1 Å². The molecule has 1 heterocycles. The Balaban J connectivity index is 1.52. The number of benzene rings is 3. The second kappa shape index (κ2) is 6.36. The highest BCUT2D eigenvalue weighted by molar-refractivity contribution is 5.99. The van der Waals surface area contributed by atoms with Gasteiger partial charge in [0.05, 0.1) is 12.0 Å². The lowest BCUT2D eigenvalue weighted by molar-refractivity contribution is 0.0367. The summed E-state index contributed by atoms with van der Waals surface area (Å²) in [4.78, 5) is 24.4. The Hall–Kier alpha value is -3.20. The number of esters is 1. The molecule has 122 valence electrons. The standard InChI is InChI=1S/C22H16O3/c23-20(14-21-18-8-4-5-9-19(18)22(24)25-21)17-12-10-16(11-13-17)15-6-2-1-3-7-15/h1-13,21H,14H2/t21-/m0/s1. The lowest BCUT2D eigenvalue weighted by Crippen LogP contribution is -2.07. The third-order valence-electron chi connectivity index (χ3n) is 4.46. The van der Waals surface area contributed by atoms with Gasteiger partial charge in [-0.1, -0.05) is 72.8 Å². The van der Waals surface area contributed by atoms with Gasteiger partial charge in [0.25, 0.3) is 0 Å². The summed E-state index contributed by atoms with van der Waals surface area (Å²) < 4.78 is 5.36. The van der Waals surface area contributed by atoms with E-state index < -0.39 is 6.10 Å². The zero-order chi connectivity index (χ0) is 17.2. The van der Waals surface area contributed by atoms with Gasteiger partial charge in [-0.15, -0.1) is 0 Å². The Labute approximate surface area is 145 Å². The lowest BCUT2D eigenvalue weighted by atomic mass is 9.97. The molecule has 0 fully saturated rings. The highest BCUT2D eigenvalue weighted by atomic mass is 16.5. The minimum absolute atomic E-state index is 0.0332. The molecule has 1 aliphatic heterocycles. The molecule has 0 N–H and O–H groups in total. The summed E-state index contributed by atoms with van der Waals surface area (Å²) in [7, 11) is 0. The number of hydrogen-bond acceptors (Lipinski definition) is 3. The second-order valence-corrected chi connectivity index (χ2v) is 6.05. The minimum atomic E-state index is -0.495. The number of ether oxygens (including phenoxy) is 1. The van der Waals surface area contributed by atoms with E-state index in [-0.39, 0.29) is 18.2 Å². The van der Waals surface area contributed by atoms with Crippen LogP contribution in [0, 0.1) is 0 Å². The number of ketones is 1. The van der Waals surface area contributed by atoms with Gasteiger partial charge in [0.15, 0.2) is 5.78 Å². The van der Waals surface area contributed by atoms with E-state index in [1.54, 1.807) is 12.1 Å². The first-order valence-electron chi connectivity index (χ1n) is 8.21. The van der Waals surface area contributed by atoms with Crippen molar-refractivity contribution < 1.29 is 14.3 Å². The maximum atomic E-state index is 12.6. The number of cyclic esters (lactones) is 1. The second-order valence-electron chi connectivity index (χ2n) is 6.05. The summed E-state index contributed by atoms with van der Waals surface area (Å²) in [6, 6.07) is 24.8. The molecule has 3 nitrogen and oxygen atoms in total. The van der Waals surface area contributed by atoms with E-state index in [2.05, 4.69) is 0 Å². The van der Waals surface area contributed by atoms with Crippen LogP contribution in [0.4, 0.5) is 0 Å². The highest BCUT2D eigenvalue weighted by Crippen LogP contribution is 2.33. The molecule has 0 aliphatic carbocycles. The van der Waals surface area contributed by atoms with Crippen molar-refractivity contribution in [3.05, 3.63) is 95.6 Å². The average molecular weight is 328 g/mol. The van der Waals surface area contributed by atoms with Crippen LogP contribution in [0.3, 0.4) is 0 Å². The summed E-state index contributed by atoms with van der Waals surface area (Å²) in [5.41, 5.74) is 4.15. The summed E-state index contributed by atoms with van der Waals surface area (Å²) in [5, 5.41) is 0. The molecule has 3 aromatic rings. The van der Waals surface area contributed by atoms with Gasteiger partial charge < -0.3 is 4.74 Å². The van der Waals surface area contributed by atoms with Gasteiger partial charge in [0.2, 0.25) is 0 Å². The molecule has 4 rings (SSSR count). The molecule has 0 amide bonds. The maximum Gasteiger partial charge on any atom is 0.339 e. The molecule has 0 spiro atoms. The van der Waals surface area contributed by atoms with Crippen LogP contribution >= 0.6 is 0 Å². The fraction of sp³-hybridized carbons (Fsp3) is 0.0909. The summed E-state index contributed by atoms with van der Waals surface area (Å²) in [6.45, 7) is 0. The number of rotatable bonds is 4. The van der Waals surface area contributed by atoms with E-state index in [0.29, 0.717) is 11.1 Å². The Morgan fingerprint density at radius 3 is 2.20 bits per heavy atom. The number of carbonyl (C=O) groups is 2. The predicted molar refractivity (Wildman–Crippen MR) is 95.4 cm³/mol. The zero-order valence-electron chi connectivity index (χ0n) is 13.5. The van der Waals surface area contributed by atoms with Crippen molar-refractivity contribution in [1.82, 2.24) is 0 Å². The summed E-state index contributed by atoms with van der Waals surface area (Å²) in [5.74, 6) is -0.387. The third kappa shape index (κ3) is 2.96. The molecule has 25 heavy (non-hydrogen) atoms. The van der Waals surface area contributed by atoms with E-state index in [1.807, 2.05) is 66.7 Å². The van der Waals surface area contributed by atoms with E-state index in [0.717, 1.165) is 16.7 Å². The van der Waals surface area contributed by atoms with Crippen LogP contribution in [0.2, 0.25) is 0 Å². The number of hydrogen-bond donors (Lipinski definition) is 0. The highest BCUT2D eigenvalue weighted by Gasteiger charge is 2.32. The van der Waals surface area contributed by atoms with Crippen LogP contribution in [0.1, 0.15) is 38.8 Å². The lowest BCUT2D eigenvalue weighted by Gasteiger charge is -2.10. The zero-order valence-corrected chi connectivity index (χ0v) is 13.5. The normalized spacial score (nSPS) is 15.5. The Morgan fingerprint density at radius 2 is 1.44 bits per heavy atom. The molecule has 0 saturated carbocycles. The largest absolute Gasteiger partial charge is 0.453 e. The van der Waals surface area contributed by atoms with Crippen molar-refractivity contribution in [2.75, 3.05) is 0 Å². The first kappa shape index (κ1) is 15.3. The molecular formula is C22H16O3. The number of Topliss-reactive ketones (excluding diaryl/α,β-unsaturated/α-hetero) is 1. The summed E-state index contributed by atoms with van der Waals surface area (Å²) >= 11 is 0. The van der Waals surface area contributed by atoms with Crippen molar-refractivity contribution in [3.63, 3.8) is 0 Å². The fourth-order valence-corrected chi connectivity index (χ4v) is 3.14. The molecule has 0 unspecified atom stereocenters. The molecule has 1 aliphatic rings. The van der Waals surface area contributed by atoms with Gasteiger partial charge in [0.1, 0.15) is 6.10 Å². The van der Waals surface area contributed by atoms with Gasteiger partial charge in [-0.05, 0) is 17.2 Å². The Morgan fingerprint density at radius 1 is 0.800 bits per heavy atom. The summed E-state index contributed by atoms with van der Waals surface area (Å²) in [6.07, 6.45) is -0.335. The van der Waals surface area contributed by atoms with Crippen LogP contribution in [0.15, 0.2) is 78.9 Å². The van der Waals surface area contributed by atoms with Gasteiger partial charge in [-0.2, -0.15) is 0 Å². The quantitative estimate of drug-likeness (QED) is 0.508. The first-order valence-corrected chi connectivity index (χ1v) is 8.21. The molecule has 0 aromatic heterocycles. The first-order chi connectivity index (χ1) is 12.2. The van der Waals surface area contributed by atoms with E-state index in [4.69, 9.17) is 4.74 Å². The maximum absolute atomic E-state index is 12.6. The van der Waals surface area contributed by atoms with Crippen molar-refractivity contribution >= 4 is 11.8 Å². The van der Waals surface area contributed by atoms with Crippen molar-refractivity contribution in [3.8, 4) is 11.1 Å². The molecule has 0 saturated heterocycles. The Bertz CT molecular complexity index is 927. The smallest absolute Gasteiger partial charge is 0.339 e. The molecule has 1 atom stereocenters. The Kier molecular flexibility index (Phi) is 3.90. The van der Waals surface area contributed by atoms with Crippen LogP contribution in [0.5, 0.6) is 0 Å². The minimum Gasteiger partial charge on any atom is -0.453 e. The van der Waals surface area contributed by atoms with Crippen molar-refractivity contribution in [2.24, 2.45) is 0 Å². The van der Waals surface area contributed by atoms with Gasteiger partial charge in [-0.25, -0.2) is 4.79 Å². The monoisotopic (exact) mass is 328 g/mol. The van der Waals surface area contributed by atoms with Crippen LogP contribution in [-0.2, 0) is 4.74 Å². The SMILES string of the molecule is O=C(C[C@@H]1OC(=O)c2ccccc21)c1ccc(-c2ccccc2)cc1. The topological polar surface area (TPSA) is 43.4 Å². The molecule has 3 aromatic carbocycles. The number of fused-ring (bicyclic) bond motifs is 1. The van der Waals surface area contributed by atoms with E-state index >= 15 is 0 Å². The van der Waals surface area contributed by atoms with Crippen LogP contribution < -0.4 is 0 Å². The van der Waals surface area contributed by atoms with Crippen molar-refractivity contribution in [1.29, 1.82) is 0 Å². The van der Waals surface area contributed by atoms with Gasteiger partial charge >= 0.3 is 5.97 Å². The fourth-order valence-electron chi connectivity index (χ4n) is 3.14. The molecular weight excluding hydrogens is 312 g/mol. The third-order valence-corrected chi connectivity index (χ3v) is 4.46. The molecule has 3 heteroatoms. The number of carbonyl (C=O) groups excluding carboxylic acids is 2. The van der Waals surface area contributed by atoms with Gasteiger partial charge in [-0.3, -0.25) is 4.79 Å².